The van der Waals surface area contributed by atoms with E-state index in [-0.39, 0.29) is 18.3 Å². The van der Waals surface area contributed by atoms with Gasteiger partial charge in [-0.25, -0.2) is 9.78 Å². The number of nitrogens with one attached hydrogen (secondary N) is 1. The summed E-state index contributed by atoms with van der Waals surface area (Å²) in [5.41, 5.74) is 2.15. The Morgan fingerprint density at radius 1 is 1.30 bits per heavy atom. The second-order valence-corrected chi connectivity index (χ2v) is 5.84. The third-order valence-corrected chi connectivity index (χ3v) is 4.12. The molecule has 0 aliphatic rings. The van der Waals surface area contributed by atoms with Crippen molar-refractivity contribution in [2.45, 2.75) is 13.0 Å². The van der Waals surface area contributed by atoms with Crippen molar-refractivity contribution in [1.82, 2.24) is 14.7 Å². The van der Waals surface area contributed by atoms with Crippen LogP contribution in [-0.2, 0) is 22.5 Å². The van der Waals surface area contributed by atoms with Gasteiger partial charge in [-0.15, -0.1) is 11.3 Å². The lowest BCUT2D eigenvalue weighted by atomic mass is 10.1. The van der Waals surface area contributed by atoms with Crippen LogP contribution in [0.5, 0.6) is 0 Å². The van der Waals surface area contributed by atoms with Crippen LogP contribution < -0.4 is 5.32 Å². The highest BCUT2D eigenvalue weighted by Gasteiger charge is 2.09. The number of hydrogen-bond donors (Lipinski definition) is 1. The van der Waals surface area contributed by atoms with E-state index in [0.29, 0.717) is 12.1 Å². The number of nitrogens with zero attached hydrogens (tertiary/aromatic N) is 2. The molecule has 3 aromatic rings. The number of methoxy groups -OCH3 is 1. The Morgan fingerprint density at radius 2 is 2.09 bits per heavy atom. The zero-order valence-electron chi connectivity index (χ0n) is 12.5. The van der Waals surface area contributed by atoms with E-state index in [9.17, 15) is 9.59 Å². The van der Waals surface area contributed by atoms with Crippen molar-refractivity contribution in [2.75, 3.05) is 7.11 Å². The summed E-state index contributed by atoms with van der Waals surface area (Å²) in [4.78, 5) is 28.6. The standard InChI is InChI=1S/C16H15N3O3S/c1-22-15(21)12-4-2-11(3-5-12)9-17-14(20)8-13-10-19-6-7-23-16(19)18-13/h2-7,10H,8-9H2,1H3,(H,17,20). The first kappa shape index (κ1) is 15.2. The third-order valence-electron chi connectivity index (χ3n) is 3.35. The Balaban J connectivity index is 1.54. The quantitative estimate of drug-likeness (QED) is 0.727. The van der Waals surface area contributed by atoms with E-state index < -0.39 is 0 Å². The number of benzene rings is 1. The summed E-state index contributed by atoms with van der Waals surface area (Å²) in [6.07, 6.45) is 4.02. The first-order chi connectivity index (χ1) is 11.2. The molecule has 23 heavy (non-hydrogen) atoms. The van der Waals surface area contributed by atoms with E-state index in [1.165, 1.54) is 18.4 Å². The van der Waals surface area contributed by atoms with Gasteiger partial charge in [0.05, 0.1) is 24.8 Å². The van der Waals surface area contributed by atoms with E-state index in [1.54, 1.807) is 24.3 Å². The minimum absolute atomic E-state index is 0.0900. The summed E-state index contributed by atoms with van der Waals surface area (Å²) in [6, 6.07) is 6.94. The largest absolute Gasteiger partial charge is 0.465 e. The van der Waals surface area contributed by atoms with Gasteiger partial charge in [0.2, 0.25) is 5.91 Å². The Morgan fingerprint density at radius 3 is 2.78 bits per heavy atom. The fourth-order valence-corrected chi connectivity index (χ4v) is 2.88. The van der Waals surface area contributed by atoms with Gasteiger partial charge in [-0.2, -0.15) is 0 Å². The lowest BCUT2D eigenvalue weighted by Crippen LogP contribution is -2.24. The summed E-state index contributed by atoms with van der Waals surface area (Å²) in [6.45, 7) is 0.405. The minimum Gasteiger partial charge on any atom is -0.465 e. The van der Waals surface area contributed by atoms with Crippen LogP contribution in [0.25, 0.3) is 4.96 Å². The molecule has 0 aliphatic carbocycles. The Bertz CT molecular complexity index is 807. The maximum atomic E-state index is 12.0. The maximum absolute atomic E-state index is 12.0. The summed E-state index contributed by atoms with van der Waals surface area (Å²) in [7, 11) is 1.34. The smallest absolute Gasteiger partial charge is 0.337 e. The molecule has 1 amide bonds. The Kier molecular flexibility index (Phi) is 4.38. The summed E-state index contributed by atoms with van der Waals surface area (Å²) in [5, 5.41) is 4.79. The molecule has 0 radical (unpaired) electrons. The molecule has 2 heterocycles. The molecule has 0 aliphatic heterocycles. The fourth-order valence-electron chi connectivity index (χ4n) is 2.17. The molecule has 7 heteroatoms. The average Bonchev–Trinajstić information content (AvgIpc) is 3.14. The second kappa shape index (κ2) is 6.62. The summed E-state index contributed by atoms with van der Waals surface area (Å²) < 4.78 is 6.54. The predicted molar refractivity (Wildman–Crippen MR) is 86.4 cm³/mol. The number of hydrogen-bond acceptors (Lipinski definition) is 5. The second-order valence-electron chi connectivity index (χ2n) is 4.97. The number of imidazole rings is 1. The van der Waals surface area contributed by atoms with Crippen LogP contribution in [0.15, 0.2) is 42.0 Å². The van der Waals surface area contributed by atoms with Gasteiger partial charge in [0.25, 0.3) is 0 Å². The first-order valence-corrected chi connectivity index (χ1v) is 7.88. The van der Waals surface area contributed by atoms with Gasteiger partial charge in [0, 0.05) is 24.3 Å². The average molecular weight is 329 g/mol. The number of fused-ring (bicyclic) bond motifs is 1. The van der Waals surface area contributed by atoms with Crippen LogP contribution in [0.1, 0.15) is 21.6 Å². The van der Waals surface area contributed by atoms with Gasteiger partial charge in [0.1, 0.15) is 0 Å². The number of amides is 1. The molecule has 0 atom stereocenters. The Hall–Kier alpha value is -2.67. The van der Waals surface area contributed by atoms with E-state index in [4.69, 9.17) is 0 Å². The van der Waals surface area contributed by atoms with Crippen LogP contribution in [0.3, 0.4) is 0 Å². The lowest BCUT2D eigenvalue weighted by Gasteiger charge is -2.05. The normalized spacial score (nSPS) is 10.7. The lowest BCUT2D eigenvalue weighted by molar-refractivity contribution is -0.120. The Labute approximate surface area is 136 Å². The van der Waals surface area contributed by atoms with Crippen LogP contribution in [0.4, 0.5) is 0 Å². The zero-order valence-corrected chi connectivity index (χ0v) is 13.3. The van der Waals surface area contributed by atoms with E-state index >= 15 is 0 Å². The molecule has 2 aromatic heterocycles. The van der Waals surface area contributed by atoms with Gasteiger partial charge in [-0.3, -0.25) is 9.20 Å². The highest BCUT2D eigenvalue weighted by molar-refractivity contribution is 7.15. The number of ether oxygens (including phenoxy) is 1. The summed E-state index contributed by atoms with van der Waals surface area (Å²) >= 11 is 1.53. The summed E-state index contributed by atoms with van der Waals surface area (Å²) in [5.74, 6) is -0.465. The highest BCUT2D eigenvalue weighted by Crippen LogP contribution is 2.11. The molecule has 0 fully saturated rings. The van der Waals surface area contributed by atoms with E-state index in [2.05, 4.69) is 15.0 Å². The number of carbonyl (C=O) groups is 2. The number of esters is 1. The molecule has 0 saturated heterocycles. The monoisotopic (exact) mass is 329 g/mol. The minimum atomic E-state index is -0.375. The zero-order chi connectivity index (χ0) is 16.2. The van der Waals surface area contributed by atoms with Crippen molar-refractivity contribution in [3.8, 4) is 0 Å². The molecule has 0 saturated carbocycles. The SMILES string of the molecule is COC(=O)c1ccc(CNC(=O)Cc2cn3ccsc3n2)cc1. The predicted octanol–water partition coefficient (Wildman–Crippen LogP) is 2.04. The third kappa shape index (κ3) is 3.57. The van der Waals surface area contributed by atoms with Gasteiger partial charge >= 0.3 is 5.97 Å². The molecular weight excluding hydrogens is 314 g/mol. The van der Waals surface area contributed by atoms with Gasteiger partial charge in [-0.1, -0.05) is 12.1 Å². The van der Waals surface area contributed by atoms with Crippen molar-refractivity contribution in [2.24, 2.45) is 0 Å². The maximum Gasteiger partial charge on any atom is 0.337 e. The van der Waals surface area contributed by atoms with Crippen LogP contribution >= 0.6 is 11.3 Å². The first-order valence-electron chi connectivity index (χ1n) is 7.01. The van der Waals surface area contributed by atoms with E-state index in [1.807, 2.05) is 22.2 Å². The molecule has 3 rings (SSSR count). The highest BCUT2D eigenvalue weighted by atomic mass is 32.1. The van der Waals surface area contributed by atoms with Crippen molar-refractivity contribution in [1.29, 1.82) is 0 Å². The molecular formula is C16H15N3O3S. The molecule has 0 bridgehead atoms. The molecule has 0 spiro atoms. The van der Waals surface area contributed by atoms with Crippen LogP contribution in [0.2, 0.25) is 0 Å². The number of rotatable bonds is 5. The van der Waals surface area contributed by atoms with Gasteiger partial charge < -0.3 is 10.1 Å². The molecule has 1 N–H and O–H groups in total. The van der Waals surface area contributed by atoms with Gasteiger partial charge in [-0.05, 0) is 17.7 Å². The van der Waals surface area contributed by atoms with Crippen molar-refractivity contribution >= 4 is 28.2 Å². The molecule has 1 aromatic carbocycles. The number of aromatic nitrogens is 2. The molecule has 0 unspecified atom stereocenters. The van der Waals surface area contributed by atoms with Crippen molar-refractivity contribution in [3.05, 3.63) is 58.9 Å². The van der Waals surface area contributed by atoms with Crippen LogP contribution in [0, 0.1) is 0 Å². The van der Waals surface area contributed by atoms with Gasteiger partial charge in [0.15, 0.2) is 4.96 Å². The fraction of sp³-hybridized carbons (Fsp3) is 0.188. The number of carbonyl (C=O) groups excluding carboxylic acids is 2. The van der Waals surface area contributed by atoms with Crippen LogP contribution in [-0.4, -0.2) is 28.4 Å². The van der Waals surface area contributed by atoms with Crippen molar-refractivity contribution < 1.29 is 14.3 Å². The molecule has 6 nitrogen and oxygen atoms in total. The van der Waals surface area contributed by atoms with Crippen molar-refractivity contribution in [3.63, 3.8) is 0 Å². The van der Waals surface area contributed by atoms with E-state index in [0.717, 1.165) is 16.2 Å². The number of thiazole rings is 1. The topological polar surface area (TPSA) is 72.7 Å². The molecule has 118 valence electrons.